The molecule has 13 heavy (non-hydrogen) atoms. The minimum Gasteiger partial charge on any atom is -0.290 e. The zero-order valence-corrected chi connectivity index (χ0v) is 7.28. The molecule has 0 aromatic heterocycles. The Balaban J connectivity index is 2.54. The predicted molar refractivity (Wildman–Crippen MR) is 48.5 cm³/mol. The number of ketones is 2. The summed E-state index contributed by atoms with van der Waals surface area (Å²) >= 11 is 0. The number of allylic oxidation sites excluding steroid dienone is 3. The highest BCUT2D eigenvalue weighted by molar-refractivity contribution is 6.21. The highest BCUT2D eigenvalue weighted by atomic mass is 16.1. The fraction of sp³-hybridized carbons (Fsp3) is 0.300. The van der Waals surface area contributed by atoms with Crippen LogP contribution >= 0.6 is 0 Å². The van der Waals surface area contributed by atoms with Crippen molar-refractivity contribution in [1.29, 1.82) is 0 Å². The Labute approximate surface area is 75.9 Å². The van der Waals surface area contributed by atoms with Gasteiger partial charge in [0.05, 0.1) is 0 Å². The summed E-state index contributed by atoms with van der Waals surface area (Å²) in [5, 5.41) is 0. The molecule has 1 atom stereocenters. The second-order valence-corrected chi connectivity index (χ2v) is 3.27. The van der Waals surface area contributed by atoms with Crippen LogP contribution in [0.4, 0.5) is 0 Å². The lowest BCUT2D eigenvalue weighted by atomic mass is 9.87. The largest absolute Gasteiger partial charge is 0.290 e. The van der Waals surface area contributed by atoms with Gasteiger partial charge in [-0.25, -0.2) is 0 Å². The maximum Gasteiger partial charge on any atom is 0.204 e. The molecule has 0 N–H and O–H groups in total. The van der Waals surface area contributed by atoms with Crippen LogP contribution in [0.15, 0.2) is 28.4 Å². The minimum atomic E-state index is -0.155. The van der Waals surface area contributed by atoms with Crippen LogP contribution in [0.25, 0.3) is 0 Å². The molecule has 66 valence electrons. The van der Waals surface area contributed by atoms with E-state index >= 15 is 0 Å². The summed E-state index contributed by atoms with van der Waals surface area (Å²) in [5.74, 6) is -0.106. The molecule has 0 spiro atoms. The van der Waals surface area contributed by atoms with Gasteiger partial charge in [-0.1, -0.05) is 6.92 Å². The average molecular weight is 175 g/mol. The van der Waals surface area contributed by atoms with Crippen LogP contribution in [-0.2, 0) is 9.59 Å². The van der Waals surface area contributed by atoms with Crippen molar-refractivity contribution in [3.8, 4) is 0 Å². The third-order valence-corrected chi connectivity index (χ3v) is 2.31. The third-order valence-electron chi connectivity index (χ3n) is 2.31. The molecule has 1 heterocycles. The molecular formula is C10H9NO2. The van der Waals surface area contributed by atoms with Crippen molar-refractivity contribution in [3.05, 3.63) is 23.4 Å². The van der Waals surface area contributed by atoms with Gasteiger partial charge in [-0.3, -0.25) is 14.6 Å². The lowest BCUT2D eigenvalue weighted by Gasteiger charge is -2.19. The zero-order chi connectivity index (χ0) is 9.42. The van der Waals surface area contributed by atoms with Crippen LogP contribution in [0, 0.1) is 5.92 Å². The van der Waals surface area contributed by atoms with Gasteiger partial charge in [0.2, 0.25) is 5.78 Å². The van der Waals surface area contributed by atoms with E-state index in [-0.39, 0.29) is 17.5 Å². The van der Waals surface area contributed by atoms with Gasteiger partial charge in [0.1, 0.15) is 5.70 Å². The first-order valence-corrected chi connectivity index (χ1v) is 4.23. The standard InChI is InChI=1S/C10H9NO2/c1-6-4-5-11-10-8(13)3-2-7(12)9(6)10/h2-3,5-6H,4H2,1H3. The van der Waals surface area contributed by atoms with Gasteiger partial charge < -0.3 is 0 Å². The molecule has 3 heteroatoms. The number of carbonyl (C=O) groups excluding carboxylic acids is 2. The molecule has 2 rings (SSSR count). The molecule has 1 aliphatic carbocycles. The predicted octanol–water partition coefficient (Wildman–Crippen LogP) is 1.06. The molecule has 0 saturated heterocycles. The van der Waals surface area contributed by atoms with E-state index in [0.717, 1.165) is 6.42 Å². The highest BCUT2D eigenvalue weighted by Gasteiger charge is 2.27. The summed E-state index contributed by atoms with van der Waals surface area (Å²) in [4.78, 5) is 26.7. The maximum absolute atomic E-state index is 11.4. The van der Waals surface area contributed by atoms with Gasteiger partial charge in [0.25, 0.3) is 0 Å². The van der Waals surface area contributed by atoms with E-state index in [1.54, 1.807) is 6.21 Å². The second kappa shape index (κ2) is 2.76. The van der Waals surface area contributed by atoms with Crippen molar-refractivity contribution in [2.24, 2.45) is 10.9 Å². The van der Waals surface area contributed by atoms with E-state index in [1.807, 2.05) is 6.92 Å². The molecule has 2 aliphatic rings. The van der Waals surface area contributed by atoms with E-state index in [4.69, 9.17) is 0 Å². The molecule has 0 aromatic rings. The smallest absolute Gasteiger partial charge is 0.204 e. The molecule has 0 aromatic carbocycles. The summed E-state index contributed by atoms with van der Waals surface area (Å²) in [7, 11) is 0. The van der Waals surface area contributed by atoms with Crippen LogP contribution in [0.2, 0.25) is 0 Å². The van der Waals surface area contributed by atoms with E-state index in [2.05, 4.69) is 4.99 Å². The van der Waals surface area contributed by atoms with Crippen molar-refractivity contribution >= 4 is 17.8 Å². The number of carbonyl (C=O) groups is 2. The lowest BCUT2D eigenvalue weighted by molar-refractivity contribution is -0.115. The van der Waals surface area contributed by atoms with Crippen molar-refractivity contribution in [1.82, 2.24) is 0 Å². The fourth-order valence-corrected chi connectivity index (χ4v) is 1.60. The SMILES string of the molecule is CC1CC=NC2=C1C(=O)C=CC2=O. The molecule has 0 bridgehead atoms. The second-order valence-electron chi connectivity index (χ2n) is 3.27. The van der Waals surface area contributed by atoms with Gasteiger partial charge >= 0.3 is 0 Å². The Bertz CT molecular complexity index is 374. The summed E-state index contributed by atoms with van der Waals surface area (Å²) in [6.45, 7) is 1.94. The van der Waals surface area contributed by atoms with E-state index in [9.17, 15) is 9.59 Å². The van der Waals surface area contributed by atoms with E-state index in [0.29, 0.717) is 11.3 Å². The number of hydrogen-bond acceptors (Lipinski definition) is 3. The van der Waals surface area contributed by atoms with Crippen LogP contribution in [0.5, 0.6) is 0 Å². The molecule has 0 amide bonds. The number of rotatable bonds is 0. The molecule has 0 saturated carbocycles. The summed E-state index contributed by atoms with van der Waals surface area (Å²) < 4.78 is 0. The van der Waals surface area contributed by atoms with Crippen LogP contribution in [0.3, 0.4) is 0 Å². The molecule has 3 nitrogen and oxygen atoms in total. The highest BCUT2D eigenvalue weighted by Crippen LogP contribution is 2.27. The van der Waals surface area contributed by atoms with Gasteiger partial charge in [0.15, 0.2) is 5.78 Å². The van der Waals surface area contributed by atoms with Crippen molar-refractivity contribution < 1.29 is 9.59 Å². The first-order valence-electron chi connectivity index (χ1n) is 4.23. The summed E-state index contributed by atoms with van der Waals surface area (Å²) in [6, 6.07) is 0. The Morgan fingerprint density at radius 3 is 2.69 bits per heavy atom. The normalized spacial score (nSPS) is 26.7. The summed E-state index contributed by atoms with van der Waals surface area (Å²) in [5.41, 5.74) is 0.918. The van der Waals surface area contributed by atoms with Gasteiger partial charge in [-0.15, -0.1) is 0 Å². The van der Waals surface area contributed by atoms with Crippen LogP contribution in [0.1, 0.15) is 13.3 Å². The molecule has 1 unspecified atom stereocenters. The lowest BCUT2D eigenvalue weighted by Crippen LogP contribution is -2.21. The van der Waals surface area contributed by atoms with Gasteiger partial charge in [-0.05, 0) is 24.5 Å². The molecule has 0 fully saturated rings. The van der Waals surface area contributed by atoms with Crippen molar-refractivity contribution in [2.45, 2.75) is 13.3 Å². The van der Waals surface area contributed by atoms with Gasteiger partial charge in [0, 0.05) is 11.8 Å². The topological polar surface area (TPSA) is 46.5 Å². The number of hydrogen-bond donors (Lipinski definition) is 0. The van der Waals surface area contributed by atoms with Gasteiger partial charge in [-0.2, -0.15) is 0 Å². The first-order chi connectivity index (χ1) is 6.20. The maximum atomic E-state index is 11.4. The fourth-order valence-electron chi connectivity index (χ4n) is 1.60. The molecular weight excluding hydrogens is 166 g/mol. The van der Waals surface area contributed by atoms with E-state index in [1.165, 1.54) is 12.2 Å². The van der Waals surface area contributed by atoms with Crippen LogP contribution < -0.4 is 0 Å². The Hall–Kier alpha value is -1.51. The number of aliphatic imine (C=N–C) groups is 1. The zero-order valence-electron chi connectivity index (χ0n) is 7.28. The van der Waals surface area contributed by atoms with Crippen molar-refractivity contribution in [2.75, 3.05) is 0 Å². The summed E-state index contributed by atoms with van der Waals surface area (Å²) in [6.07, 6.45) is 5.06. The quantitative estimate of drug-likeness (QED) is 0.517. The number of nitrogens with zero attached hydrogens (tertiary/aromatic N) is 1. The first kappa shape index (κ1) is 8.10. The van der Waals surface area contributed by atoms with Crippen LogP contribution in [-0.4, -0.2) is 17.8 Å². The Morgan fingerprint density at radius 1 is 1.31 bits per heavy atom. The average Bonchev–Trinajstić information content (AvgIpc) is 2.12. The Morgan fingerprint density at radius 2 is 2.00 bits per heavy atom. The molecule has 1 aliphatic heterocycles. The Kier molecular flexibility index (Phi) is 1.72. The minimum absolute atomic E-state index is 0.0704. The monoisotopic (exact) mass is 175 g/mol. The third kappa shape index (κ3) is 1.16. The van der Waals surface area contributed by atoms with E-state index < -0.39 is 0 Å². The van der Waals surface area contributed by atoms with Crippen molar-refractivity contribution in [3.63, 3.8) is 0 Å². The molecule has 0 radical (unpaired) electrons.